The molecule has 1 heterocycles. The molecule has 0 fully saturated rings. The van der Waals surface area contributed by atoms with E-state index in [2.05, 4.69) is 20.9 Å². The molecule has 0 saturated heterocycles. The number of hydrogen-bond acceptors (Lipinski definition) is 5. The maximum Gasteiger partial charge on any atom is 0.243 e. The van der Waals surface area contributed by atoms with Crippen molar-refractivity contribution < 1.29 is 4.79 Å². The highest BCUT2D eigenvalue weighted by Gasteiger charge is 2.13. The van der Waals surface area contributed by atoms with Crippen LogP contribution in [0.5, 0.6) is 0 Å². The second kappa shape index (κ2) is 5.42. The van der Waals surface area contributed by atoms with Crippen LogP contribution >= 0.6 is 11.8 Å². The number of aliphatic imine (C=N–C) groups is 1. The number of rotatable bonds is 1. The largest absolute Gasteiger partial charge is 0.374 e. The average Bonchev–Trinajstić information content (AvgIpc) is 2.37. The molecule has 6 nitrogen and oxygen atoms in total. The van der Waals surface area contributed by atoms with Crippen molar-refractivity contribution in [2.75, 3.05) is 23.4 Å². The first-order chi connectivity index (χ1) is 8.72. The second-order valence-electron chi connectivity index (χ2n) is 3.49. The van der Waals surface area contributed by atoms with E-state index in [1.54, 1.807) is 6.07 Å². The van der Waals surface area contributed by atoms with Crippen molar-refractivity contribution >= 4 is 39.9 Å². The summed E-state index contributed by atoms with van der Waals surface area (Å²) in [5, 5.41) is 17.3. The number of nitriles is 1. The van der Waals surface area contributed by atoms with Gasteiger partial charge >= 0.3 is 0 Å². The number of thioether (sulfide) groups is 1. The van der Waals surface area contributed by atoms with Crippen molar-refractivity contribution in [1.29, 1.82) is 5.26 Å². The van der Waals surface area contributed by atoms with Crippen molar-refractivity contribution in [3.05, 3.63) is 18.2 Å². The van der Waals surface area contributed by atoms with Gasteiger partial charge in [-0.2, -0.15) is 5.26 Å². The molecule has 1 aromatic carbocycles. The van der Waals surface area contributed by atoms with Gasteiger partial charge in [-0.3, -0.25) is 10.1 Å². The third kappa shape index (κ3) is 2.73. The summed E-state index contributed by atoms with van der Waals surface area (Å²) < 4.78 is 0. The van der Waals surface area contributed by atoms with Gasteiger partial charge in [0.15, 0.2) is 11.4 Å². The van der Waals surface area contributed by atoms with E-state index in [1.165, 1.54) is 11.8 Å². The van der Waals surface area contributed by atoms with E-state index in [0.29, 0.717) is 16.5 Å². The highest BCUT2D eigenvalue weighted by molar-refractivity contribution is 8.13. The van der Waals surface area contributed by atoms with E-state index in [1.807, 2.05) is 24.6 Å². The van der Waals surface area contributed by atoms with Crippen molar-refractivity contribution in [3.8, 4) is 6.19 Å². The zero-order valence-electron chi connectivity index (χ0n) is 9.65. The summed E-state index contributed by atoms with van der Waals surface area (Å²) in [6.07, 6.45) is 3.65. The number of hydrogen-bond donors (Lipinski definition) is 3. The van der Waals surface area contributed by atoms with Crippen LogP contribution in [-0.2, 0) is 4.79 Å². The van der Waals surface area contributed by atoms with E-state index >= 15 is 0 Å². The molecule has 2 rings (SSSR count). The maximum absolute atomic E-state index is 11.2. The Hall–Kier alpha value is -2.20. The Balaban J connectivity index is 2.28. The summed E-state index contributed by atoms with van der Waals surface area (Å²) in [6, 6.07) is 5.42. The first-order valence-electron chi connectivity index (χ1n) is 5.18. The van der Waals surface area contributed by atoms with Crippen molar-refractivity contribution in [2.24, 2.45) is 4.99 Å². The van der Waals surface area contributed by atoms with Crippen molar-refractivity contribution in [3.63, 3.8) is 0 Å². The Kier molecular flexibility index (Phi) is 3.69. The molecule has 7 heteroatoms. The molecule has 0 unspecified atom stereocenters. The first kappa shape index (κ1) is 12.3. The molecular formula is C11H11N5OS. The fourth-order valence-corrected chi connectivity index (χ4v) is 1.86. The molecule has 1 amide bonds. The standard InChI is InChI=1S/C11H11N5OS/c1-18-11(14-6-12)15-7-2-3-8-9(4-7)16-10(17)5-13-8/h2-4,13H,5H2,1H3,(H,14,15)(H,16,17). The molecule has 3 N–H and O–H groups in total. The molecule has 1 aliphatic rings. The number of nitrogens with zero attached hydrogens (tertiary/aromatic N) is 2. The number of carbonyl (C=O) groups excluding carboxylic acids is 1. The molecule has 0 bridgehead atoms. The molecule has 1 aromatic rings. The van der Waals surface area contributed by atoms with Gasteiger partial charge in [-0.05, 0) is 24.5 Å². The van der Waals surface area contributed by atoms with Gasteiger partial charge in [-0.1, -0.05) is 11.8 Å². The van der Waals surface area contributed by atoms with Crippen LogP contribution in [0.1, 0.15) is 0 Å². The second-order valence-corrected chi connectivity index (χ2v) is 4.28. The molecule has 0 spiro atoms. The lowest BCUT2D eigenvalue weighted by molar-refractivity contribution is -0.114. The lowest BCUT2D eigenvalue weighted by Crippen LogP contribution is -2.27. The van der Waals surface area contributed by atoms with Crippen LogP contribution in [0.4, 0.5) is 17.1 Å². The smallest absolute Gasteiger partial charge is 0.243 e. The Morgan fingerprint density at radius 2 is 2.39 bits per heavy atom. The Bertz CT molecular complexity index is 549. The van der Waals surface area contributed by atoms with Crippen LogP contribution in [0.25, 0.3) is 0 Å². The van der Waals surface area contributed by atoms with Crippen LogP contribution in [0.3, 0.4) is 0 Å². The predicted octanol–water partition coefficient (Wildman–Crippen LogP) is 1.47. The minimum Gasteiger partial charge on any atom is -0.374 e. The highest BCUT2D eigenvalue weighted by atomic mass is 32.2. The van der Waals surface area contributed by atoms with Gasteiger partial charge in [0.2, 0.25) is 5.91 Å². The lowest BCUT2D eigenvalue weighted by atomic mass is 10.2. The van der Waals surface area contributed by atoms with E-state index in [0.717, 1.165) is 5.69 Å². The average molecular weight is 261 g/mol. The Labute approximate surface area is 108 Å². The lowest BCUT2D eigenvalue weighted by Gasteiger charge is -2.18. The van der Waals surface area contributed by atoms with Gasteiger partial charge in [0.1, 0.15) is 0 Å². The van der Waals surface area contributed by atoms with Crippen LogP contribution in [0.15, 0.2) is 23.2 Å². The van der Waals surface area contributed by atoms with Crippen LogP contribution in [0.2, 0.25) is 0 Å². The van der Waals surface area contributed by atoms with E-state index in [9.17, 15) is 4.79 Å². The molecule has 0 atom stereocenters. The summed E-state index contributed by atoms with van der Waals surface area (Å²) >= 11 is 1.34. The quantitative estimate of drug-likeness (QED) is 0.308. The first-order valence-corrected chi connectivity index (χ1v) is 6.41. The summed E-state index contributed by atoms with van der Waals surface area (Å²) in [6.45, 7) is 0.279. The van der Waals surface area contributed by atoms with Gasteiger partial charge in [0.25, 0.3) is 0 Å². The summed E-state index contributed by atoms with van der Waals surface area (Å²) in [7, 11) is 0. The highest BCUT2D eigenvalue weighted by Crippen LogP contribution is 2.29. The number of anilines is 2. The summed E-state index contributed by atoms with van der Waals surface area (Å²) in [5.41, 5.74) is 2.24. The fraction of sp³-hybridized carbons (Fsp3) is 0.182. The predicted molar refractivity (Wildman–Crippen MR) is 72.9 cm³/mol. The molecule has 0 saturated carbocycles. The van der Waals surface area contributed by atoms with Gasteiger partial charge in [-0.25, -0.2) is 4.99 Å². The van der Waals surface area contributed by atoms with Gasteiger partial charge in [-0.15, -0.1) is 0 Å². The van der Waals surface area contributed by atoms with Crippen LogP contribution in [-0.4, -0.2) is 23.9 Å². The molecule has 0 radical (unpaired) electrons. The fourth-order valence-electron chi connectivity index (χ4n) is 1.52. The molecule has 0 aliphatic carbocycles. The number of amidine groups is 1. The van der Waals surface area contributed by atoms with Crippen molar-refractivity contribution in [2.45, 2.75) is 0 Å². The SMILES string of the molecule is CSC(=Nc1ccc2c(c1)NC(=O)CN2)NC#N. The van der Waals surface area contributed by atoms with Crippen LogP contribution < -0.4 is 16.0 Å². The van der Waals surface area contributed by atoms with Crippen LogP contribution in [0, 0.1) is 11.5 Å². The van der Waals surface area contributed by atoms with Crippen molar-refractivity contribution in [1.82, 2.24) is 5.32 Å². The third-order valence-electron chi connectivity index (χ3n) is 2.30. The summed E-state index contributed by atoms with van der Waals surface area (Å²) in [5.74, 6) is -0.0798. The molecule has 0 aromatic heterocycles. The molecule has 92 valence electrons. The van der Waals surface area contributed by atoms with Gasteiger partial charge in [0, 0.05) is 0 Å². The summed E-state index contributed by atoms with van der Waals surface area (Å²) in [4.78, 5) is 15.5. The Morgan fingerprint density at radius 1 is 1.56 bits per heavy atom. The van der Waals surface area contributed by atoms with E-state index in [-0.39, 0.29) is 12.5 Å². The molecule has 18 heavy (non-hydrogen) atoms. The normalized spacial score (nSPS) is 14.0. The number of benzene rings is 1. The van der Waals surface area contributed by atoms with E-state index in [4.69, 9.17) is 5.26 Å². The van der Waals surface area contributed by atoms with Gasteiger partial charge < -0.3 is 10.6 Å². The van der Waals surface area contributed by atoms with E-state index < -0.39 is 0 Å². The zero-order valence-corrected chi connectivity index (χ0v) is 10.5. The maximum atomic E-state index is 11.2. The molecule has 1 aliphatic heterocycles. The minimum atomic E-state index is -0.0798. The topological polar surface area (TPSA) is 89.3 Å². The minimum absolute atomic E-state index is 0.0798. The number of nitrogens with one attached hydrogen (secondary N) is 3. The number of carbonyl (C=O) groups is 1. The molecular weight excluding hydrogens is 250 g/mol. The number of fused-ring (bicyclic) bond motifs is 1. The van der Waals surface area contributed by atoms with Gasteiger partial charge in [0.05, 0.1) is 23.6 Å². The Morgan fingerprint density at radius 3 is 3.11 bits per heavy atom. The monoisotopic (exact) mass is 261 g/mol. The third-order valence-corrected chi connectivity index (χ3v) is 2.88. The number of amides is 1. The zero-order chi connectivity index (χ0) is 13.0.